The molecule has 0 bridgehead atoms. The van der Waals surface area contributed by atoms with Gasteiger partial charge >= 0.3 is 0 Å². The van der Waals surface area contributed by atoms with E-state index in [0.717, 1.165) is 18.1 Å². The summed E-state index contributed by atoms with van der Waals surface area (Å²) >= 11 is 0. The molecule has 4 nitrogen and oxygen atoms in total. The predicted octanol–water partition coefficient (Wildman–Crippen LogP) is 2.52. The highest BCUT2D eigenvalue weighted by atomic mass is 15.1. The lowest BCUT2D eigenvalue weighted by molar-refractivity contribution is 0.813. The first-order valence-electron chi connectivity index (χ1n) is 5.99. The van der Waals surface area contributed by atoms with Gasteiger partial charge < -0.3 is 14.5 Å². The number of anilines is 1. The quantitative estimate of drug-likeness (QED) is 0.763. The molecule has 0 amide bonds. The Morgan fingerprint density at radius 2 is 2.00 bits per heavy atom. The fourth-order valence-corrected chi connectivity index (χ4v) is 2.14. The van der Waals surface area contributed by atoms with Crippen molar-refractivity contribution < 1.29 is 0 Å². The van der Waals surface area contributed by atoms with Crippen molar-refractivity contribution >= 4 is 16.6 Å². The molecular weight excluding hydrogens is 224 g/mol. The summed E-state index contributed by atoms with van der Waals surface area (Å²) in [6.07, 6.45) is 5.85. The molecule has 3 aromatic rings. The van der Waals surface area contributed by atoms with E-state index in [0.29, 0.717) is 0 Å². The molecular formula is C14H16N4. The molecule has 0 unspecified atom stereocenters. The average molecular weight is 240 g/mol. The Bertz CT molecular complexity index is 678. The van der Waals surface area contributed by atoms with E-state index in [-0.39, 0.29) is 0 Å². The molecule has 0 radical (unpaired) electrons. The third-order valence-corrected chi connectivity index (χ3v) is 3.26. The zero-order chi connectivity index (χ0) is 12.5. The number of nitrogens with one attached hydrogen (secondary N) is 1. The van der Waals surface area contributed by atoms with Crippen molar-refractivity contribution in [3.05, 3.63) is 48.7 Å². The normalized spacial score (nSPS) is 11.0. The van der Waals surface area contributed by atoms with Crippen LogP contribution >= 0.6 is 0 Å². The van der Waals surface area contributed by atoms with Crippen molar-refractivity contribution in [2.45, 2.75) is 6.54 Å². The van der Waals surface area contributed by atoms with Crippen LogP contribution in [0.15, 0.2) is 42.9 Å². The van der Waals surface area contributed by atoms with Gasteiger partial charge in [-0.05, 0) is 24.3 Å². The van der Waals surface area contributed by atoms with Gasteiger partial charge in [-0.3, -0.25) is 0 Å². The number of aryl methyl sites for hydroxylation is 2. The largest absolute Gasteiger partial charge is 0.378 e. The van der Waals surface area contributed by atoms with E-state index in [2.05, 4.69) is 52.4 Å². The summed E-state index contributed by atoms with van der Waals surface area (Å²) < 4.78 is 4.14. The van der Waals surface area contributed by atoms with Gasteiger partial charge in [-0.2, -0.15) is 0 Å². The first kappa shape index (κ1) is 10.9. The molecule has 0 fully saturated rings. The second-order valence-corrected chi connectivity index (χ2v) is 4.51. The van der Waals surface area contributed by atoms with Gasteiger partial charge in [-0.1, -0.05) is 0 Å². The van der Waals surface area contributed by atoms with Crippen LogP contribution in [0.1, 0.15) is 5.82 Å². The molecule has 2 aromatic heterocycles. The second-order valence-electron chi connectivity index (χ2n) is 4.51. The summed E-state index contributed by atoms with van der Waals surface area (Å²) in [7, 11) is 4.06. The van der Waals surface area contributed by atoms with Crippen LogP contribution < -0.4 is 5.32 Å². The molecule has 18 heavy (non-hydrogen) atoms. The lowest BCUT2D eigenvalue weighted by atomic mass is 10.2. The Labute approximate surface area is 106 Å². The van der Waals surface area contributed by atoms with E-state index in [1.807, 2.05) is 24.0 Å². The Balaban J connectivity index is 1.81. The number of benzene rings is 1. The van der Waals surface area contributed by atoms with Gasteiger partial charge in [-0.25, -0.2) is 4.98 Å². The van der Waals surface area contributed by atoms with E-state index >= 15 is 0 Å². The molecule has 0 atom stereocenters. The fraction of sp³-hybridized carbons (Fsp3) is 0.214. The monoisotopic (exact) mass is 240 g/mol. The van der Waals surface area contributed by atoms with Crippen LogP contribution in [0.4, 0.5) is 5.69 Å². The van der Waals surface area contributed by atoms with Gasteiger partial charge in [0.05, 0.1) is 6.54 Å². The zero-order valence-corrected chi connectivity index (χ0v) is 10.6. The maximum absolute atomic E-state index is 4.29. The number of fused-ring (bicyclic) bond motifs is 1. The van der Waals surface area contributed by atoms with Gasteiger partial charge in [0.25, 0.3) is 0 Å². The minimum Gasteiger partial charge on any atom is -0.378 e. The van der Waals surface area contributed by atoms with Gasteiger partial charge in [-0.15, -0.1) is 0 Å². The molecule has 0 saturated heterocycles. The third-order valence-electron chi connectivity index (χ3n) is 3.26. The van der Waals surface area contributed by atoms with Gasteiger partial charge in [0, 0.05) is 49.3 Å². The topological polar surface area (TPSA) is 34.8 Å². The number of nitrogens with zero attached hydrogens (tertiary/aromatic N) is 3. The standard InChI is InChI=1S/C14H16N4/c1-17-7-5-11-9-12(3-4-13(11)17)16-10-14-15-6-8-18(14)2/h3-9,16H,10H2,1-2H3. The highest BCUT2D eigenvalue weighted by molar-refractivity contribution is 5.83. The molecule has 4 heteroatoms. The van der Waals surface area contributed by atoms with Crippen LogP contribution in [0.5, 0.6) is 0 Å². The lowest BCUT2D eigenvalue weighted by Gasteiger charge is -2.07. The van der Waals surface area contributed by atoms with Crippen molar-refractivity contribution in [2.75, 3.05) is 5.32 Å². The number of rotatable bonds is 3. The van der Waals surface area contributed by atoms with Crippen LogP contribution in [-0.2, 0) is 20.6 Å². The summed E-state index contributed by atoms with van der Waals surface area (Å²) in [5.74, 6) is 1.03. The Morgan fingerprint density at radius 3 is 2.78 bits per heavy atom. The van der Waals surface area contributed by atoms with Crippen LogP contribution in [0, 0.1) is 0 Å². The smallest absolute Gasteiger partial charge is 0.127 e. The Kier molecular flexibility index (Phi) is 2.55. The molecule has 0 aliphatic carbocycles. The summed E-state index contributed by atoms with van der Waals surface area (Å²) in [5, 5.41) is 4.65. The first-order chi connectivity index (χ1) is 8.74. The van der Waals surface area contributed by atoms with Crippen molar-refractivity contribution in [3.63, 3.8) is 0 Å². The minimum atomic E-state index is 0.738. The summed E-state index contributed by atoms with van der Waals surface area (Å²) in [5.41, 5.74) is 2.37. The maximum Gasteiger partial charge on any atom is 0.127 e. The summed E-state index contributed by atoms with van der Waals surface area (Å²) in [4.78, 5) is 4.29. The summed E-state index contributed by atoms with van der Waals surface area (Å²) in [6.45, 7) is 0.738. The third kappa shape index (κ3) is 1.86. The van der Waals surface area contributed by atoms with Crippen LogP contribution in [0.25, 0.3) is 10.9 Å². The molecule has 0 aliphatic heterocycles. The molecule has 0 spiro atoms. The van der Waals surface area contributed by atoms with Crippen molar-refractivity contribution in [1.29, 1.82) is 0 Å². The average Bonchev–Trinajstić information content (AvgIpc) is 2.94. The van der Waals surface area contributed by atoms with Gasteiger partial charge in [0.1, 0.15) is 5.82 Å². The second kappa shape index (κ2) is 4.22. The number of hydrogen-bond donors (Lipinski definition) is 1. The first-order valence-corrected chi connectivity index (χ1v) is 5.99. The molecule has 2 heterocycles. The SMILES string of the molecule is Cn1ccnc1CNc1ccc2c(ccn2C)c1. The molecule has 0 aliphatic rings. The fourth-order valence-electron chi connectivity index (χ4n) is 2.14. The van der Waals surface area contributed by atoms with Crippen LogP contribution in [-0.4, -0.2) is 14.1 Å². The van der Waals surface area contributed by atoms with Crippen LogP contribution in [0.2, 0.25) is 0 Å². The minimum absolute atomic E-state index is 0.738. The van der Waals surface area contributed by atoms with E-state index in [1.165, 1.54) is 10.9 Å². The van der Waals surface area contributed by atoms with E-state index < -0.39 is 0 Å². The van der Waals surface area contributed by atoms with Crippen molar-refractivity contribution in [3.8, 4) is 0 Å². The van der Waals surface area contributed by atoms with Crippen LogP contribution in [0.3, 0.4) is 0 Å². The molecule has 0 saturated carbocycles. The lowest BCUT2D eigenvalue weighted by Crippen LogP contribution is -2.05. The molecule has 1 N–H and O–H groups in total. The molecule has 92 valence electrons. The number of hydrogen-bond acceptors (Lipinski definition) is 2. The van der Waals surface area contributed by atoms with E-state index in [9.17, 15) is 0 Å². The van der Waals surface area contributed by atoms with Gasteiger partial charge in [0.15, 0.2) is 0 Å². The highest BCUT2D eigenvalue weighted by Crippen LogP contribution is 2.19. The molecule has 1 aromatic carbocycles. The highest BCUT2D eigenvalue weighted by Gasteiger charge is 2.01. The summed E-state index contributed by atoms with van der Waals surface area (Å²) in [6, 6.07) is 8.53. The molecule has 3 rings (SSSR count). The zero-order valence-electron chi connectivity index (χ0n) is 10.6. The van der Waals surface area contributed by atoms with Crippen molar-refractivity contribution in [2.24, 2.45) is 14.1 Å². The maximum atomic E-state index is 4.29. The van der Waals surface area contributed by atoms with Gasteiger partial charge in [0.2, 0.25) is 0 Å². The van der Waals surface area contributed by atoms with E-state index in [1.54, 1.807) is 0 Å². The number of imidazole rings is 1. The van der Waals surface area contributed by atoms with Crippen molar-refractivity contribution in [1.82, 2.24) is 14.1 Å². The Morgan fingerprint density at radius 1 is 1.11 bits per heavy atom. The van der Waals surface area contributed by atoms with E-state index in [4.69, 9.17) is 0 Å². The Hall–Kier alpha value is -2.23. The number of aromatic nitrogens is 3. The predicted molar refractivity (Wildman–Crippen MR) is 73.5 cm³/mol.